The average Bonchev–Trinajstić information content (AvgIpc) is 2.14. The van der Waals surface area contributed by atoms with Gasteiger partial charge in [-0.15, -0.1) is 0 Å². The summed E-state index contributed by atoms with van der Waals surface area (Å²) in [6, 6.07) is -0.0638. The summed E-state index contributed by atoms with van der Waals surface area (Å²) in [4.78, 5) is 1.75. The first-order valence-electron chi connectivity index (χ1n) is 4.94. The zero-order chi connectivity index (χ0) is 10.6. The van der Waals surface area contributed by atoms with Crippen molar-refractivity contribution in [1.29, 1.82) is 0 Å². The van der Waals surface area contributed by atoms with Crippen LogP contribution in [0.15, 0.2) is 0 Å². The molecule has 84 valence electrons. The number of aliphatic hydroxyl groups is 1. The first-order valence-corrected chi connectivity index (χ1v) is 4.94. The Hall–Kier alpha value is -0.290. The molecule has 0 aromatic carbocycles. The molecule has 0 amide bonds. The molecule has 0 radical (unpaired) electrons. The van der Waals surface area contributed by atoms with Gasteiger partial charge in [0.05, 0.1) is 13.0 Å². The predicted molar refractivity (Wildman–Crippen MR) is 47.0 cm³/mol. The van der Waals surface area contributed by atoms with Crippen molar-refractivity contribution in [3.8, 4) is 0 Å². The van der Waals surface area contributed by atoms with Crippen LogP contribution in [0.2, 0.25) is 0 Å². The highest BCUT2D eigenvalue weighted by molar-refractivity contribution is 4.76. The quantitative estimate of drug-likeness (QED) is 0.769. The molecule has 0 spiro atoms. The topological polar surface area (TPSA) is 23.5 Å². The molecule has 1 rings (SSSR count). The van der Waals surface area contributed by atoms with Crippen molar-refractivity contribution < 1.29 is 18.3 Å². The Labute approximate surface area is 81.7 Å². The second-order valence-electron chi connectivity index (χ2n) is 3.73. The van der Waals surface area contributed by atoms with E-state index in [1.165, 1.54) is 0 Å². The Morgan fingerprint density at radius 3 is 2.57 bits per heavy atom. The van der Waals surface area contributed by atoms with Gasteiger partial charge in [0.15, 0.2) is 0 Å². The number of likely N-dealkylation sites (tertiary alicyclic amines) is 1. The lowest BCUT2D eigenvalue weighted by Crippen LogP contribution is -2.43. The van der Waals surface area contributed by atoms with Crippen LogP contribution >= 0.6 is 0 Å². The third-order valence-corrected chi connectivity index (χ3v) is 2.64. The molecule has 5 heteroatoms. The normalized spacial score (nSPS) is 25.3. The highest BCUT2D eigenvalue weighted by Crippen LogP contribution is 2.23. The first-order chi connectivity index (χ1) is 6.53. The number of rotatable bonds is 3. The lowest BCUT2D eigenvalue weighted by molar-refractivity contribution is -0.140. The van der Waals surface area contributed by atoms with E-state index in [2.05, 4.69) is 0 Å². The van der Waals surface area contributed by atoms with E-state index in [0.717, 1.165) is 19.3 Å². The predicted octanol–water partition coefficient (Wildman–Crippen LogP) is 1.79. The van der Waals surface area contributed by atoms with Crippen LogP contribution in [-0.2, 0) is 0 Å². The molecule has 1 atom stereocenters. The van der Waals surface area contributed by atoms with Gasteiger partial charge in [-0.2, -0.15) is 13.2 Å². The molecule has 1 fully saturated rings. The summed E-state index contributed by atoms with van der Waals surface area (Å²) in [5.41, 5.74) is 0. The zero-order valence-electron chi connectivity index (χ0n) is 8.06. The first kappa shape index (κ1) is 11.8. The van der Waals surface area contributed by atoms with Crippen LogP contribution in [0.5, 0.6) is 0 Å². The van der Waals surface area contributed by atoms with Crippen LogP contribution in [0.4, 0.5) is 13.2 Å². The Bertz CT molecular complexity index is 172. The number of aliphatic hydroxyl groups excluding tert-OH is 1. The molecule has 0 saturated carbocycles. The van der Waals surface area contributed by atoms with Crippen LogP contribution in [0.25, 0.3) is 0 Å². The van der Waals surface area contributed by atoms with Gasteiger partial charge in [0, 0.05) is 12.6 Å². The standard InChI is InChI=1S/C9H16F3NO/c10-9(11,12)4-6-13-5-2-1-3-8(13)7-14/h8,14H,1-7H2. The SMILES string of the molecule is OCC1CCCCN1CCC(F)(F)F. The summed E-state index contributed by atoms with van der Waals surface area (Å²) in [6.45, 7) is 0.674. The van der Waals surface area contributed by atoms with Crippen molar-refractivity contribution in [2.24, 2.45) is 0 Å². The number of piperidine rings is 1. The van der Waals surface area contributed by atoms with E-state index >= 15 is 0 Å². The summed E-state index contributed by atoms with van der Waals surface area (Å²) in [5, 5.41) is 8.97. The largest absolute Gasteiger partial charge is 0.395 e. The fourth-order valence-corrected chi connectivity index (χ4v) is 1.83. The lowest BCUT2D eigenvalue weighted by atomic mass is 10.0. The maximum absolute atomic E-state index is 12.0. The van der Waals surface area contributed by atoms with Gasteiger partial charge in [-0.05, 0) is 19.4 Å². The number of hydrogen-bond acceptors (Lipinski definition) is 2. The number of nitrogens with zero attached hydrogens (tertiary/aromatic N) is 1. The van der Waals surface area contributed by atoms with E-state index in [0.29, 0.717) is 6.54 Å². The van der Waals surface area contributed by atoms with Gasteiger partial charge in [-0.3, -0.25) is 4.90 Å². The molecule has 1 N–H and O–H groups in total. The van der Waals surface area contributed by atoms with Gasteiger partial charge in [-0.1, -0.05) is 6.42 Å². The molecule has 1 saturated heterocycles. The maximum Gasteiger partial charge on any atom is 0.390 e. The monoisotopic (exact) mass is 211 g/mol. The van der Waals surface area contributed by atoms with E-state index in [1.807, 2.05) is 0 Å². The third-order valence-electron chi connectivity index (χ3n) is 2.64. The van der Waals surface area contributed by atoms with Gasteiger partial charge >= 0.3 is 6.18 Å². The molecule has 1 unspecified atom stereocenters. The minimum atomic E-state index is -4.09. The Kier molecular flexibility index (Phi) is 4.19. The van der Waals surface area contributed by atoms with E-state index in [4.69, 9.17) is 5.11 Å². The van der Waals surface area contributed by atoms with Gasteiger partial charge in [0.2, 0.25) is 0 Å². The van der Waals surface area contributed by atoms with E-state index in [-0.39, 0.29) is 19.2 Å². The van der Waals surface area contributed by atoms with Crippen molar-refractivity contribution in [1.82, 2.24) is 4.90 Å². The zero-order valence-corrected chi connectivity index (χ0v) is 8.06. The molecular formula is C9H16F3NO. The highest BCUT2D eigenvalue weighted by atomic mass is 19.4. The number of hydrogen-bond donors (Lipinski definition) is 1. The van der Waals surface area contributed by atoms with Gasteiger partial charge in [-0.25, -0.2) is 0 Å². The highest BCUT2D eigenvalue weighted by Gasteiger charge is 2.30. The minimum Gasteiger partial charge on any atom is -0.395 e. The second-order valence-corrected chi connectivity index (χ2v) is 3.73. The fraction of sp³-hybridized carbons (Fsp3) is 1.00. The second kappa shape index (κ2) is 4.98. The molecule has 1 heterocycles. The summed E-state index contributed by atoms with van der Waals surface area (Å²) in [5.74, 6) is 0. The van der Waals surface area contributed by atoms with Crippen LogP contribution < -0.4 is 0 Å². The van der Waals surface area contributed by atoms with Crippen molar-refractivity contribution in [3.63, 3.8) is 0 Å². The van der Waals surface area contributed by atoms with Crippen LogP contribution in [0.3, 0.4) is 0 Å². The summed E-state index contributed by atoms with van der Waals surface area (Å²) in [6.07, 6.45) is -2.10. The summed E-state index contributed by atoms with van der Waals surface area (Å²) >= 11 is 0. The Morgan fingerprint density at radius 1 is 1.29 bits per heavy atom. The van der Waals surface area contributed by atoms with Crippen LogP contribution in [0, 0.1) is 0 Å². The molecule has 2 nitrogen and oxygen atoms in total. The molecule has 1 aliphatic heterocycles. The minimum absolute atomic E-state index is 0.0225. The van der Waals surface area contributed by atoms with Crippen molar-refractivity contribution in [2.45, 2.75) is 37.9 Å². The van der Waals surface area contributed by atoms with Crippen molar-refractivity contribution in [2.75, 3.05) is 19.7 Å². The molecule has 0 aliphatic carbocycles. The number of alkyl halides is 3. The van der Waals surface area contributed by atoms with Gasteiger partial charge < -0.3 is 5.11 Å². The van der Waals surface area contributed by atoms with Crippen molar-refractivity contribution >= 4 is 0 Å². The number of halogens is 3. The molecular weight excluding hydrogens is 195 g/mol. The summed E-state index contributed by atoms with van der Waals surface area (Å²) < 4.78 is 35.9. The van der Waals surface area contributed by atoms with E-state index < -0.39 is 12.6 Å². The third kappa shape index (κ3) is 3.84. The Balaban J connectivity index is 2.33. The Morgan fingerprint density at radius 2 is 2.00 bits per heavy atom. The smallest absolute Gasteiger partial charge is 0.390 e. The van der Waals surface area contributed by atoms with Crippen LogP contribution in [0.1, 0.15) is 25.7 Å². The average molecular weight is 211 g/mol. The molecule has 14 heavy (non-hydrogen) atoms. The van der Waals surface area contributed by atoms with Crippen molar-refractivity contribution in [3.05, 3.63) is 0 Å². The van der Waals surface area contributed by atoms with E-state index in [1.54, 1.807) is 4.90 Å². The van der Waals surface area contributed by atoms with Gasteiger partial charge in [0.1, 0.15) is 0 Å². The summed E-state index contributed by atoms with van der Waals surface area (Å²) in [7, 11) is 0. The fourth-order valence-electron chi connectivity index (χ4n) is 1.83. The maximum atomic E-state index is 12.0. The molecule has 1 aliphatic rings. The lowest BCUT2D eigenvalue weighted by Gasteiger charge is -2.34. The van der Waals surface area contributed by atoms with Gasteiger partial charge in [0.25, 0.3) is 0 Å². The molecule has 0 bridgehead atoms. The molecule has 0 aromatic heterocycles. The van der Waals surface area contributed by atoms with E-state index in [9.17, 15) is 13.2 Å². The van der Waals surface area contributed by atoms with Crippen LogP contribution in [-0.4, -0.2) is 41.9 Å². The molecule has 0 aromatic rings.